The molecule has 0 aliphatic carbocycles. The van der Waals surface area contributed by atoms with Crippen molar-refractivity contribution < 1.29 is 177 Å². The van der Waals surface area contributed by atoms with E-state index in [4.69, 9.17) is 9.79 Å². The first-order chi connectivity index (χ1) is 5.06. The normalized spacial score (nSPS) is 9.36. The Kier molecular flexibility index (Phi) is 35.2. The fourth-order valence-corrected chi connectivity index (χ4v) is 1.08. The van der Waals surface area contributed by atoms with Crippen LogP contribution in [0.3, 0.4) is 0 Å². The van der Waals surface area contributed by atoms with Crippen molar-refractivity contribution in [2.24, 2.45) is 0 Å². The molecule has 2 N–H and O–H groups in total. The van der Waals surface area contributed by atoms with Gasteiger partial charge in [0.05, 0.1) is 6.61 Å². The molecule has 0 aromatic heterocycles. The summed E-state index contributed by atoms with van der Waals surface area (Å²) in [5, 5.41) is 0. The van der Waals surface area contributed by atoms with Gasteiger partial charge in [0.25, 0.3) is 0 Å². The molecule has 0 saturated heterocycles. The summed E-state index contributed by atoms with van der Waals surface area (Å²) in [6.45, 7) is 2.23. The first-order valence-corrected chi connectivity index (χ1v) is 5.29. The summed E-state index contributed by atoms with van der Waals surface area (Å²) in [4.78, 5) is 16.5. The molecule has 0 radical (unpaired) electrons. The van der Waals surface area contributed by atoms with Crippen molar-refractivity contribution in [3.05, 3.63) is 0 Å². The van der Waals surface area contributed by atoms with Gasteiger partial charge < -0.3 is 14.1 Å². The summed E-state index contributed by atoms with van der Waals surface area (Å²) < 4.78 is 14.4. The average Bonchev–Trinajstić information content (AvgIpc) is 1.85. The van der Waals surface area contributed by atoms with E-state index in [1.807, 2.05) is 0 Å². The molecule has 0 bridgehead atoms. The molecule has 4 nitrogen and oxygen atoms in total. The third-order valence-electron chi connectivity index (χ3n) is 1.26. The van der Waals surface area contributed by atoms with Gasteiger partial charge in [0.2, 0.25) is 0 Å². The maximum atomic E-state index is 10.1. The molecule has 0 saturated carbocycles. The summed E-state index contributed by atoms with van der Waals surface area (Å²) in [5.74, 6) is 0. The predicted molar refractivity (Wildman–Crippen MR) is 45.5 cm³/mol. The molecule has 0 aliphatic rings. The van der Waals surface area contributed by atoms with Crippen LogP contribution >= 0.6 is 7.82 Å². The van der Waals surface area contributed by atoms with Gasteiger partial charge in [0.15, 0.2) is 0 Å². The Balaban J connectivity index is -0.0000000333. The Morgan fingerprint density at radius 1 is 1.14 bits per heavy atom. The van der Waals surface area contributed by atoms with Crippen LogP contribution < -0.4 is 154 Å². The van der Waals surface area contributed by atoms with E-state index in [1.54, 1.807) is 0 Å². The number of hydrogen-bond acceptors (Lipinski definition) is 2. The SMILES string of the molecule is CCCCCCOP(=O)(O)O.[H-].[H-].[H-].[K+].[K+].[K+]. The molecule has 0 spiro atoms. The molecular weight excluding hydrogens is 284 g/mol. The van der Waals surface area contributed by atoms with Crippen LogP contribution in [-0.2, 0) is 9.09 Å². The zero-order chi connectivity index (χ0) is 8.74. The minimum absolute atomic E-state index is 0. The molecule has 74 valence electrons. The van der Waals surface area contributed by atoms with E-state index in [0.29, 0.717) is 0 Å². The minimum Gasteiger partial charge on any atom is -1.00 e. The second-order valence-corrected chi connectivity index (χ2v) is 3.62. The van der Waals surface area contributed by atoms with Gasteiger partial charge in [-0.05, 0) is 6.42 Å². The van der Waals surface area contributed by atoms with Crippen molar-refractivity contribution in [3.8, 4) is 0 Å². The first kappa shape index (κ1) is 27.4. The quantitative estimate of drug-likeness (QED) is 0.291. The van der Waals surface area contributed by atoms with Gasteiger partial charge in [0, 0.05) is 0 Å². The van der Waals surface area contributed by atoms with Crippen molar-refractivity contribution in [1.29, 1.82) is 0 Å². The van der Waals surface area contributed by atoms with Gasteiger partial charge in [-0.2, -0.15) is 0 Å². The molecule has 0 rings (SSSR count). The standard InChI is InChI=1S/C6H15O4P.3K.3H/c1-2-3-4-5-6-10-11(7,8)9;;;;;;/h2-6H2,1H3,(H2,7,8,9);;;;;;/q;3*+1;3*-1. The average molecular weight is 302 g/mol. The number of phosphoric acid groups is 1. The number of rotatable bonds is 6. The van der Waals surface area contributed by atoms with Crippen LogP contribution in [0.2, 0.25) is 0 Å². The van der Waals surface area contributed by atoms with E-state index < -0.39 is 7.82 Å². The predicted octanol–water partition coefficient (Wildman–Crippen LogP) is -6.97. The Bertz CT molecular complexity index is 152. The summed E-state index contributed by atoms with van der Waals surface area (Å²) in [6, 6.07) is 0. The summed E-state index contributed by atoms with van der Waals surface area (Å²) in [5.41, 5.74) is 0. The Hall–Kier alpha value is 5.02. The summed E-state index contributed by atoms with van der Waals surface area (Å²) >= 11 is 0. The van der Waals surface area contributed by atoms with E-state index >= 15 is 0 Å². The van der Waals surface area contributed by atoms with E-state index in [2.05, 4.69) is 11.4 Å². The van der Waals surface area contributed by atoms with E-state index in [-0.39, 0.29) is 165 Å². The Morgan fingerprint density at radius 3 is 2.00 bits per heavy atom. The fourth-order valence-electron chi connectivity index (χ4n) is 0.712. The van der Waals surface area contributed by atoms with Gasteiger partial charge in [-0.1, -0.05) is 26.2 Å². The fraction of sp³-hybridized carbons (Fsp3) is 1.00. The van der Waals surface area contributed by atoms with Gasteiger partial charge in [-0.25, -0.2) is 4.57 Å². The van der Waals surface area contributed by atoms with Crippen LogP contribution in [0.5, 0.6) is 0 Å². The van der Waals surface area contributed by atoms with Crippen LogP contribution in [0.1, 0.15) is 36.9 Å². The largest absolute Gasteiger partial charge is 1.00 e. The van der Waals surface area contributed by atoms with Crippen molar-refractivity contribution in [1.82, 2.24) is 0 Å². The zero-order valence-electron chi connectivity index (χ0n) is 12.7. The second-order valence-electron chi connectivity index (χ2n) is 2.38. The molecule has 0 unspecified atom stereocenters. The molecule has 0 aromatic carbocycles. The van der Waals surface area contributed by atoms with Crippen molar-refractivity contribution in [2.75, 3.05) is 6.61 Å². The van der Waals surface area contributed by atoms with E-state index in [0.717, 1.165) is 25.7 Å². The van der Waals surface area contributed by atoms with Crippen molar-refractivity contribution in [2.45, 2.75) is 32.6 Å². The maximum Gasteiger partial charge on any atom is 1.00 e. The first-order valence-electron chi connectivity index (χ1n) is 3.76. The Morgan fingerprint density at radius 2 is 1.64 bits per heavy atom. The molecule has 0 fully saturated rings. The topological polar surface area (TPSA) is 66.8 Å². The Labute approximate surface area is 218 Å². The van der Waals surface area contributed by atoms with E-state index in [9.17, 15) is 4.57 Å². The van der Waals surface area contributed by atoms with Crippen LogP contribution in [0.25, 0.3) is 0 Å². The summed E-state index contributed by atoms with van der Waals surface area (Å²) in [7, 11) is -4.21. The smallest absolute Gasteiger partial charge is 1.00 e. The molecule has 8 heteroatoms. The number of hydrogen-bond donors (Lipinski definition) is 2. The molecule has 0 atom stereocenters. The molecule has 0 heterocycles. The number of unbranched alkanes of at least 4 members (excludes halogenated alkanes) is 3. The van der Waals surface area contributed by atoms with Gasteiger partial charge in [0.1, 0.15) is 0 Å². The molecular formula is C6H18K3O4P. The third kappa shape index (κ3) is 25.8. The van der Waals surface area contributed by atoms with Crippen LogP contribution in [0.15, 0.2) is 0 Å². The van der Waals surface area contributed by atoms with Crippen LogP contribution in [-0.4, -0.2) is 16.4 Å². The molecule has 0 amide bonds. The van der Waals surface area contributed by atoms with Crippen molar-refractivity contribution >= 4 is 7.82 Å². The van der Waals surface area contributed by atoms with Crippen molar-refractivity contribution in [3.63, 3.8) is 0 Å². The number of phosphoric ester groups is 1. The maximum absolute atomic E-state index is 10.1. The van der Waals surface area contributed by atoms with Gasteiger partial charge >= 0.3 is 162 Å². The summed E-state index contributed by atoms with van der Waals surface area (Å²) in [6.07, 6.45) is 3.88. The molecule has 0 aromatic rings. The molecule has 0 aliphatic heterocycles. The molecule has 14 heavy (non-hydrogen) atoms. The minimum atomic E-state index is -4.21. The third-order valence-corrected chi connectivity index (χ3v) is 1.78. The van der Waals surface area contributed by atoms with E-state index in [1.165, 1.54) is 0 Å². The van der Waals surface area contributed by atoms with Gasteiger partial charge in [-0.3, -0.25) is 4.52 Å². The monoisotopic (exact) mass is 302 g/mol. The van der Waals surface area contributed by atoms with Crippen LogP contribution in [0, 0.1) is 0 Å². The second kappa shape index (κ2) is 18.0. The zero-order valence-corrected chi connectivity index (χ0v) is 20.0. The van der Waals surface area contributed by atoms with Gasteiger partial charge in [-0.15, -0.1) is 0 Å². The van der Waals surface area contributed by atoms with Crippen LogP contribution in [0.4, 0.5) is 0 Å².